The predicted molar refractivity (Wildman–Crippen MR) is 84.0 cm³/mol. The number of carbonyl (C=O) groups is 2. The molecule has 0 saturated carbocycles. The standard InChI is InChI=1S/C17H19F2N3O2/c1-11(23)21-6-3-12(4-7-21)17(24)22-16(2-5-20-22)13-8-14(18)10-15(19)9-13/h5,8-10,12,16H,2-4,6-7H2,1H3/t16-/m0/s1. The van der Waals surface area contributed by atoms with E-state index in [0.29, 0.717) is 37.9 Å². The molecular weight excluding hydrogens is 316 g/mol. The summed E-state index contributed by atoms with van der Waals surface area (Å²) in [6.07, 6.45) is 3.18. The lowest BCUT2D eigenvalue weighted by Crippen LogP contribution is -2.42. The van der Waals surface area contributed by atoms with E-state index >= 15 is 0 Å². The van der Waals surface area contributed by atoms with Crippen LogP contribution in [-0.4, -0.2) is 41.0 Å². The van der Waals surface area contributed by atoms with Crippen molar-refractivity contribution < 1.29 is 18.4 Å². The van der Waals surface area contributed by atoms with Gasteiger partial charge in [0.15, 0.2) is 0 Å². The molecule has 7 heteroatoms. The summed E-state index contributed by atoms with van der Waals surface area (Å²) in [7, 11) is 0. The number of carbonyl (C=O) groups excluding carboxylic acids is 2. The van der Waals surface area contributed by atoms with Crippen molar-refractivity contribution in [1.29, 1.82) is 0 Å². The zero-order valence-corrected chi connectivity index (χ0v) is 13.4. The van der Waals surface area contributed by atoms with Gasteiger partial charge < -0.3 is 4.90 Å². The smallest absolute Gasteiger partial charge is 0.246 e. The van der Waals surface area contributed by atoms with E-state index in [1.54, 1.807) is 11.1 Å². The van der Waals surface area contributed by atoms with Gasteiger partial charge in [0, 0.05) is 44.6 Å². The lowest BCUT2D eigenvalue weighted by atomic mass is 9.94. The Kier molecular flexibility index (Phi) is 4.59. The number of halogens is 2. The second-order valence-corrected chi connectivity index (χ2v) is 6.22. The first-order chi connectivity index (χ1) is 11.5. The molecule has 0 aliphatic carbocycles. The molecule has 0 aromatic heterocycles. The van der Waals surface area contributed by atoms with E-state index in [-0.39, 0.29) is 17.7 Å². The van der Waals surface area contributed by atoms with Crippen LogP contribution in [0.5, 0.6) is 0 Å². The molecule has 2 aliphatic heterocycles. The molecule has 1 fully saturated rings. The summed E-state index contributed by atoms with van der Waals surface area (Å²) in [5.41, 5.74) is 0.402. The van der Waals surface area contributed by atoms with Crippen molar-refractivity contribution in [2.75, 3.05) is 13.1 Å². The molecular formula is C17H19F2N3O2. The van der Waals surface area contributed by atoms with Crippen LogP contribution in [0.4, 0.5) is 8.78 Å². The van der Waals surface area contributed by atoms with Crippen molar-refractivity contribution in [3.8, 4) is 0 Å². The Hall–Kier alpha value is -2.31. The van der Waals surface area contributed by atoms with Gasteiger partial charge in [-0.1, -0.05) is 0 Å². The van der Waals surface area contributed by atoms with Crippen LogP contribution < -0.4 is 0 Å². The number of hydrazone groups is 1. The Balaban J connectivity index is 1.72. The summed E-state index contributed by atoms with van der Waals surface area (Å²) in [6, 6.07) is 2.80. The van der Waals surface area contributed by atoms with Crippen LogP contribution in [0.15, 0.2) is 23.3 Å². The number of rotatable bonds is 2. The molecule has 0 unspecified atom stereocenters. The third kappa shape index (κ3) is 3.29. The van der Waals surface area contributed by atoms with Crippen molar-refractivity contribution in [1.82, 2.24) is 9.91 Å². The van der Waals surface area contributed by atoms with Crippen molar-refractivity contribution in [3.05, 3.63) is 35.4 Å². The van der Waals surface area contributed by atoms with Crippen LogP contribution in [0.25, 0.3) is 0 Å². The first-order valence-electron chi connectivity index (χ1n) is 8.02. The minimum absolute atomic E-state index is 0.00760. The van der Waals surface area contributed by atoms with E-state index in [2.05, 4.69) is 5.10 Å². The highest BCUT2D eigenvalue weighted by Gasteiger charge is 2.35. The molecule has 0 bridgehead atoms. The molecule has 0 radical (unpaired) electrons. The highest BCUT2D eigenvalue weighted by Crippen LogP contribution is 2.32. The van der Waals surface area contributed by atoms with Crippen LogP contribution >= 0.6 is 0 Å². The average Bonchev–Trinajstić information content (AvgIpc) is 3.03. The Bertz CT molecular complexity index is 664. The molecule has 24 heavy (non-hydrogen) atoms. The van der Waals surface area contributed by atoms with E-state index in [1.165, 1.54) is 24.1 Å². The van der Waals surface area contributed by atoms with Crippen LogP contribution in [0, 0.1) is 17.6 Å². The highest BCUT2D eigenvalue weighted by molar-refractivity contribution is 5.82. The maximum atomic E-state index is 13.5. The molecule has 2 amide bonds. The first-order valence-corrected chi connectivity index (χ1v) is 8.02. The quantitative estimate of drug-likeness (QED) is 0.834. The molecule has 0 spiro atoms. The first kappa shape index (κ1) is 16.5. The van der Waals surface area contributed by atoms with Gasteiger partial charge in [-0.25, -0.2) is 13.8 Å². The second-order valence-electron chi connectivity index (χ2n) is 6.22. The molecule has 3 rings (SSSR count). The number of benzene rings is 1. The summed E-state index contributed by atoms with van der Waals surface area (Å²) >= 11 is 0. The minimum atomic E-state index is -0.668. The number of hydrogen-bond donors (Lipinski definition) is 0. The topological polar surface area (TPSA) is 53.0 Å². The van der Waals surface area contributed by atoms with Crippen molar-refractivity contribution in [2.24, 2.45) is 11.0 Å². The zero-order valence-electron chi connectivity index (χ0n) is 13.4. The normalized spacial score (nSPS) is 21.4. The van der Waals surface area contributed by atoms with Crippen molar-refractivity contribution in [2.45, 2.75) is 32.2 Å². The summed E-state index contributed by atoms with van der Waals surface area (Å²) in [5, 5.41) is 5.45. The van der Waals surface area contributed by atoms with Gasteiger partial charge in [0.1, 0.15) is 11.6 Å². The molecule has 2 heterocycles. The third-order valence-electron chi connectivity index (χ3n) is 4.61. The summed E-state index contributed by atoms with van der Waals surface area (Å²) in [4.78, 5) is 25.8. The summed E-state index contributed by atoms with van der Waals surface area (Å²) in [5.74, 6) is -1.70. The molecule has 0 N–H and O–H groups in total. The van der Waals surface area contributed by atoms with Gasteiger partial charge >= 0.3 is 0 Å². The fourth-order valence-electron chi connectivity index (χ4n) is 3.30. The van der Waals surface area contributed by atoms with E-state index < -0.39 is 17.7 Å². The average molecular weight is 335 g/mol. The number of hydrogen-bond acceptors (Lipinski definition) is 3. The van der Waals surface area contributed by atoms with Crippen molar-refractivity contribution >= 4 is 18.0 Å². The lowest BCUT2D eigenvalue weighted by Gasteiger charge is -2.33. The van der Waals surface area contributed by atoms with Crippen LogP contribution in [0.3, 0.4) is 0 Å². The fraction of sp³-hybridized carbons (Fsp3) is 0.471. The minimum Gasteiger partial charge on any atom is -0.343 e. The Morgan fingerprint density at radius 3 is 2.33 bits per heavy atom. The van der Waals surface area contributed by atoms with Gasteiger partial charge in [-0.15, -0.1) is 0 Å². The van der Waals surface area contributed by atoms with Gasteiger partial charge in [-0.2, -0.15) is 5.10 Å². The number of amides is 2. The van der Waals surface area contributed by atoms with E-state index in [0.717, 1.165) is 6.07 Å². The molecule has 128 valence electrons. The van der Waals surface area contributed by atoms with E-state index in [1.807, 2.05) is 0 Å². The molecule has 1 aromatic carbocycles. The number of likely N-dealkylation sites (tertiary alicyclic amines) is 1. The van der Waals surface area contributed by atoms with Gasteiger partial charge in [-0.05, 0) is 30.5 Å². The monoisotopic (exact) mass is 335 g/mol. The fourth-order valence-corrected chi connectivity index (χ4v) is 3.30. The van der Waals surface area contributed by atoms with Gasteiger partial charge in [0.25, 0.3) is 0 Å². The summed E-state index contributed by atoms with van der Waals surface area (Å²) < 4.78 is 26.9. The molecule has 1 aromatic rings. The van der Waals surface area contributed by atoms with Crippen LogP contribution in [0.1, 0.15) is 37.8 Å². The highest BCUT2D eigenvalue weighted by atomic mass is 19.1. The maximum Gasteiger partial charge on any atom is 0.246 e. The van der Waals surface area contributed by atoms with Gasteiger partial charge in [0.2, 0.25) is 11.8 Å². The van der Waals surface area contributed by atoms with Crippen molar-refractivity contribution in [3.63, 3.8) is 0 Å². The molecule has 5 nitrogen and oxygen atoms in total. The second kappa shape index (κ2) is 6.67. The van der Waals surface area contributed by atoms with E-state index in [4.69, 9.17) is 0 Å². The predicted octanol–water partition coefficient (Wildman–Crippen LogP) is 2.48. The SMILES string of the molecule is CC(=O)N1CCC(C(=O)N2N=CC[C@H]2c2cc(F)cc(F)c2)CC1. The van der Waals surface area contributed by atoms with Gasteiger partial charge in [0.05, 0.1) is 6.04 Å². The number of nitrogens with zero attached hydrogens (tertiary/aromatic N) is 3. The van der Waals surface area contributed by atoms with Crippen LogP contribution in [-0.2, 0) is 9.59 Å². The zero-order chi connectivity index (χ0) is 17.3. The van der Waals surface area contributed by atoms with E-state index in [9.17, 15) is 18.4 Å². The Morgan fingerprint density at radius 1 is 1.12 bits per heavy atom. The molecule has 1 saturated heterocycles. The third-order valence-corrected chi connectivity index (χ3v) is 4.61. The largest absolute Gasteiger partial charge is 0.343 e. The lowest BCUT2D eigenvalue weighted by molar-refractivity contribution is -0.141. The van der Waals surface area contributed by atoms with Crippen LogP contribution in [0.2, 0.25) is 0 Å². The molecule has 1 atom stereocenters. The van der Waals surface area contributed by atoms with Gasteiger partial charge in [-0.3, -0.25) is 9.59 Å². The Morgan fingerprint density at radius 2 is 1.75 bits per heavy atom. The summed E-state index contributed by atoms with van der Waals surface area (Å²) in [6.45, 7) is 2.60. The Labute approximate surface area is 138 Å². The molecule has 2 aliphatic rings. The maximum absolute atomic E-state index is 13.5. The number of piperidine rings is 1.